The van der Waals surface area contributed by atoms with Crippen molar-refractivity contribution in [3.8, 4) is 0 Å². The number of hydrogen-bond acceptors (Lipinski definition) is 4. The largest absolute Gasteiger partial charge is 0.357 e. The average molecular weight is 604 g/mol. The number of carbonyl (C=O) groups is 2. The van der Waals surface area contributed by atoms with E-state index in [1.165, 1.54) is 30.1 Å². The van der Waals surface area contributed by atoms with Crippen molar-refractivity contribution < 1.29 is 18.0 Å². The highest BCUT2D eigenvalue weighted by Crippen LogP contribution is 2.29. The molecule has 218 valence electrons. The first kappa shape index (κ1) is 30.8. The molecule has 0 unspecified atom stereocenters. The Kier molecular flexibility index (Phi) is 10.0. The Morgan fingerprint density at radius 2 is 1.48 bits per heavy atom. The van der Waals surface area contributed by atoms with Gasteiger partial charge in [-0.15, -0.1) is 0 Å². The molecule has 0 aliphatic carbocycles. The fourth-order valence-electron chi connectivity index (χ4n) is 4.71. The monoisotopic (exact) mass is 603 g/mol. The van der Waals surface area contributed by atoms with Crippen molar-refractivity contribution >= 4 is 39.1 Å². The summed E-state index contributed by atoms with van der Waals surface area (Å²) in [6.07, 6.45) is 0.250. The summed E-state index contributed by atoms with van der Waals surface area (Å²) in [7, 11) is -2.65. The minimum Gasteiger partial charge on any atom is -0.357 e. The van der Waals surface area contributed by atoms with Gasteiger partial charge < -0.3 is 10.2 Å². The average Bonchev–Trinajstić information content (AvgIpc) is 2.99. The van der Waals surface area contributed by atoms with Crippen molar-refractivity contribution in [3.05, 3.63) is 130 Å². The number of anilines is 1. The molecule has 0 bridgehead atoms. The molecule has 0 aliphatic heterocycles. The number of rotatable bonds is 11. The van der Waals surface area contributed by atoms with Crippen molar-refractivity contribution in [2.75, 3.05) is 17.9 Å². The van der Waals surface area contributed by atoms with Gasteiger partial charge in [0.2, 0.25) is 11.8 Å². The molecule has 0 fully saturated rings. The molecule has 0 heterocycles. The minimum atomic E-state index is -4.18. The maximum atomic E-state index is 14.3. The summed E-state index contributed by atoms with van der Waals surface area (Å²) in [5, 5.41) is 3.06. The molecule has 0 saturated heterocycles. The normalized spacial score (nSPS) is 11.9. The van der Waals surface area contributed by atoms with E-state index in [0.29, 0.717) is 5.02 Å². The zero-order valence-corrected chi connectivity index (χ0v) is 25.4. The Bertz CT molecular complexity index is 1650. The van der Waals surface area contributed by atoms with Crippen molar-refractivity contribution in [1.82, 2.24) is 10.2 Å². The number of sulfonamides is 1. The van der Waals surface area contributed by atoms with Gasteiger partial charge in [0.05, 0.1) is 10.6 Å². The summed E-state index contributed by atoms with van der Waals surface area (Å²) in [6.45, 7) is 3.34. The van der Waals surface area contributed by atoms with E-state index in [4.69, 9.17) is 11.6 Å². The Hall–Kier alpha value is -4.14. The number of halogens is 1. The van der Waals surface area contributed by atoms with E-state index in [1.54, 1.807) is 30.3 Å². The smallest absolute Gasteiger partial charge is 0.264 e. The third-order valence-electron chi connectivity index (χ3n) is 7.01. The fraction of sp³-hybridized carbons (Fsp3) is 0.212. The number of aryl methyl sites for hydroxylation is 2. The summed E-state index contributed by atoms with van der Waals surface area (Å²) in [5.41, 5.74) is 3.71. The number of nitrogens with zero attached hydrogens (tertiary/aromatic N) is 2. The van der Waals surface area contributed by atoms with Gasteiger partial charge >= 0.3 is 0 Å². The second-order valence-corrected chi connectivity index (χ2v) is 12.4. The quantitative estimate of drug-likeness (QED) is 0.244. The number of carbonyl (C=O) groups excluding carboxylic acids is 2. The molecule has 1 N–H and O–H groups in total. The Labute approximate surface area is 252 Å². The van der Waals surface area contributed by atoms with E-state index in [1.807, 2.05) is 68.4 Å². The van der Waals surface area contributed by atoms with Crippen LogP contribution in [0.4, 0.5) is 5.69 Å². The summed E-state index contributed by atoms with van der Waals surface area (Å²) in [5.74, 6) is -0.882. The summed E-state index contributed by atoms with van der Waals surface area (Å²) in [4.78, 5) is 29.1. The highest BCUT2D eigenvalue weighted by Gasteiger charge is 2.34. The molecule has 4 rings (SSSR count). The lowest BCUT2D eigenvalue weighted by molar-refractivity contribution is -0.139. The molecule has 1 atom stereocenters. The van der Waals surface area contributed by atoms with Crippen LogP contribution in [-0.2, 0) is 32.6 Å². The van der Waals surface area contributed by atoms with Crippen LogP contribution in [-0.4, -0.2) is 44.8 Å². The van der Waals surface area contributed by atoms with Crippen molar-refractivity contribution in [1.29, 1.82) is 0 Å². The van der Waals surface area contributed by atoms with Crippen LogP contribution in [0.25, 0.3) is 0 Å². The lowest BCUT2D eigenvalue weighted by Gasteiger charge is -2.33. The highest BCUT2D eigenvalue weighted by atomic mass is 35.5. The zero-order chi connectivity index (χ0) is 30.3. The van der Waals surface area contributed by atoms with E-state index in [2.05, 4.69) is 5.32 Å². The van der Waals surface area contributed by atoms with Crippen molar-refractivity contribution in [2.24, 2.45) is 0 Å². The summed E-state index contributed by atoms with van der Waals surface area (Å²) < 4.78 is 29.0. The van der Waals surface area contributed by atoms with Crippen LogP contribution in [0.15, 0.2) is 108 Å². The van der Waals surface area contributed by atoms with Crippen molar-refractivity contribution in [3.63, 3.8) is 0 Å². The number of hydrogen-bond donors (Lipinski definition) is 1. The van der Waals surface area contributed by atoms with Crippen LogP contribution < -0.4 is 9.62 Å². The lowest BCUT2D eigenvalue weighted by atomic mass is 10.0. The highest BCUT2D eigenvalue weighted by molar-refractivity contribution is 7.92. The van der Waals surface area contributed by atoms with Gasteiger partial charge in [-0.3, -0.25) is 13.9 Å². The van der Waals surface area contributed by atoms with Gasteiger partial charge in [0, 0.05) is 25.0 Å². The van der Waals surface area contributed by atoms with Crippen LogP contribution >= 0.6 is 11.6 Å². The number of likely N-dealkylation sites (N-methyl/N-ethyl adjacent to an activating group) is 1. The fourth-order valence-corrected chi connectivity index (χ4v) is 6.31. The van der Waals surface area contributed by atoms with Crippen LogP contribution in [0, 0.1) is 13.8 Å². The van der Waals surface area contributed by atoms with E-state index in [9.17, 15) is 18.0 Å². The SMILES string of the molecule is CNC(=O)[C@H](Cc1ccccc1)N(Cc1cccc(C)c1)C(=O)CN(c1ccc(C)c(Cl)c1)S(=O)(=O)c1ccccc1. The number of nitrogens with one attached hydrogen (secondary N) is 1. The Morgan fingerprint density at radius 3 is 2.10 bits per heavy atom. The lowest BCUT2D eigenvalue weighted by Crippen LogP contribution is -2.53. The molecule has 4 aromatic rings. The van der Waals surface area contributed by atoms with Gasteiger partial charge in [0.25, 0.3) is 10.0 Å². The third-order valence-corrected chi connectivity index (χ3v) is 9.20. The van der Waals surface area contributed by atoms with Crippen LogP contribution in [0.5, 0.6) is 0 Å². The molecule has 7 nitrogen and oxygen atoms in total. The summed E-state index contributed by atoms with van der Waals surface area (Å²) >= 11 is 6.41. The van der Waals surface area contributed by atoms with Crippen LogP contribution in [0.3, 0.4) is 0 Å². The third kappa shape index (κ3) is 7.38. The number of amides is 2. The maximum Gasteiger partial charge on any atom is 0.264 e. The second kappa shape index (κ2) is 13.7. The van der Waals surface area contributed by atoms with Crippen LogP contribution in [0.1, 0.15) is 22.3 Å². The molecule has 0 saturated carbocycles. The van der Waals surface area contributed by atoms with E-state index >= 15 is 0 Å². The molecule has 0 aliphatic rings. The van der Waals surface area contributed by atoms with E-state index in [-0.39, 0.29) is 29.5 Å². The first-order valence-corrected chi connectivity index (χ1v) is 15.4. The van der Waals surface area contributed by atoms with Crippen LogP contribution in [0.2, 0.25) is 5.02 Å². The Balaban J connectivity index is 1.80. The van der Waals surface area contributed by atoms with Gasteiger partial charge in [0.1, 0.15) is 12.6 Å². The molecule has 4 aromatic carbocycles. The molecule has 0 spiro atoms. The first-order chi connectivity index (χ1) is 20.1. The topological polar surface area (TPSA) is 86.8 Å². The van der Waals surface area contributed by atoms with E-state index < -0.39 is 28.5 Å². The molecular weight excluding hydrogens is 570 g/mol. The Morgan fingerprint density at radius 1 is 0.833 bits per heavy atom. The molecule has 9 heteroatoms. The van der Waals surface area contributed by atoms with E-state index in [0.717, 1.165) is 26.6 Å². The predicted molar refractivity (Wildman–Crippen MR) is 167 cm³/mol. The van der Waals surface area contributed by atoms with Gasteiger partial charge in [-0.1, -0.05) is 96.0 Å². The van der Waals surface area contributed by atoms with Gasteiger partial charge in [-0.05, 0) is 54.8 Å². The molecule has 0 aromatic heterocycles. The summed E-state index contributed by atoms with van der Waals surface area (Å²) in [6, 6.07) is 29.0. The molecule has 2 amide bonds. The second-order valence-electron chi connectivity index (χ2n) is 10.1. The zero-order valence-electron chi connectivity index (χ0n) is 23.8. The molecule has 42 heavy (non-hydrogen) atoms. The standard InChI is InChI=1S/C33H34ClN3O4S/c1-24-11-10-14-27(19-24)22-36(31(33(39)35-3)20-26-12-6-4-7-13-26)32(38)23-37(28-18-17-25(2)30(34)21-28)42(40,41)29-15-8-5-9-16-29/h4-19,21,31H,20,22-23H2,1-3H3,(H,35,39)/t31-/m0/s1. The first-order valence-electron chi connectivity index (χ1n) is 13.5. The van der Waals surface area contributed by atoms with Gasteiger partial charge in [-0.25, -0.2) is 8.42 Å². The predicted octanol–water partition coefficient (Wildman–Crippen LogP) is 5.54. The number of benzene rings is 4. The minimum absolute atomic E-state index is 0.0341. The maximum absolute atomic E-state index is 14.3. The molecule has 0 radical (unpaired) electrons. The van der Waals surface area contributed by atoms with Crippen molar-refractivity contribution in [2.45, 2.75) is 37.8 Å². The van der Waals surface area contributed by atoms with Gasteiger partial charge in [0.15, 0.2) is 0 Å². The van der Waals surface area contributed by atoms with Gasteiger partial charge in [-0.2, -0.15) is 0 Å². The molecular formula is C33H34ClN3O4S.